The van der Waals surface area contributed by atoms with Gasteiger partial charge in [-0.3, -0.25) is 4.79 Å². The average Bonchev–Trinajstić information content (AvgIpc) is 2.06. The number of methoxy groups -OCH3 is 1. The fourth-order valence-corrected chi connectivity index (χ4v) is 0.908. The molecule has 0 radical (unpaired) electrons. The van der Waals surface area contributed by atoms with Crippen molar-refractivity contribution < 1.29 is 13.6 Å². The first-order valence-corrected chi connectivity index (χ1v) is 3.64. The maximum Gasteiger partial charge on any atom is 0.221 e. The summed E-state index contributed by atoms with van der Waals surface area (Å²) in [6.45, 7) is 1.35. The molecule has 0 aromatic heterocycles. The molecule has 0 aliphatic heterocycles. The summed E-state index contributed by atoms with van der Waals surface area (Å²) in [6.07, 6.45) is 0. The van der Waals surface area contributed by atoms with Gasteiger partial charge < -0.3 is 15.8 Å². The molecular formula is C9H12N2O2. The lowest BCUT2D eigenvalue weighted by molar-refractivity contribution is -0.114. The zero-order valence-corrected chi connectivity index (χ0v) is 7.13. The van der Waals surface area contributed by atoms with Gasteiger partial charge in [-0.25, -0.2) is 0 Å². The summed E-state index contributed by atoms with van der Waals surface area (Å²) in [5.74, 6) is -0.122. The van der Waals surface area contributed by atoms with Crippen LogP contribution < -0.4 is 15.8 Å². The van der Waals surface area contributed by atoms with Crippen LogP contribution in [0.5, 0.6) is 5.75 Å². The van der Waals surface area contributed by atoms with Gasteiger partial charge in [0.25, 0.3) is 0 Å². The van der Waals surface area contributed by atoms with Gasteiger partial charge in [0.05, 0.1) is 22.5 Å². The first-order chi connectivity index (χ1) is 7.28. The number of hydrogen-bond donors (Lipinski definition) is 2. The Morgan fingerprint density at radius 3 is 3.00 bits per heavy atom. The fraction of sp³-hybridized carbons (Fsp3) is 0.222. The van der Waals surface area contributed by atoms with E-state index < -0.39 is 7.04 Å². The predicted molar refractivity (Wildman–Crippen MR) is 51.7 cm³/mol. The van der Waals surface area contributed by atoms with Crippen LogP contribution in [0.2, 0.25) is 0 Å². The zero-order valence-electron chi connectivity index (χ0n) is 10.1. The highest BCUT2D eigenvalue weighted by atomic mass is 16.5. The highest BCUT2D eigenvalue weighted by Crippen LogP contribution is 2.23. The Hall–Kier alpha value is -1.71. The molecule has 0 saturated carbocycles. The van der Waals surface area contributed by atoms with Gasteiger partial charge >= 0.3 is 0 Å². The molecule has 0 atom stereocenters. The minimum Gasteiger partial charge on any atom is -0.497 e. The number of amides is 1. The quantitative estimate of drug-likeness (QED) is 0.678. The van der Waals surface area contributed by atoms with E-state index in [0.29, 0.717) is 5.69 Å². The van der Waals surface area contributed by atoms with Gasteiger partial charge in [0.1, 0.15) is 5.75 Å². The van der Waals surface area contributed by atoms with E-state index in [2.05, 4.69) is 10.1 Å². The van der Waals surface area contributed by atoms with Crippen LogP contribution in [-0.4, -0.2) is 12.9 Å². The SMILES string of the molecule is [2H]C([2H])([2H])Oc1ccc(NC(C)=O)c(N)c1. The van der Waals surface area contributed by atoms with E-state index in [9.17, 15) is 4.79 Å². The Bertz CT molecular complexity index is 404. The molecule has 0 unspecified atom stereocenters. The fourth-order valence-electron chi connectivity index (χ4n) is 0.908. The molecule has 1 amide bonds. The molecule has 3 N–H and O–H groups in total. The van der Waals surface area contributed by atoms with Crippen molar-refractivity contribution in [1.82, 2.24) is 0 Å². The smallest absolute Gasteiger partial charge is 0.221 e. The van der Waals surface area contributed by atoms with Gasteiger partial charge in [-0.15, -0.1) is 0 Å². The molecule has 0 aliphatic rings. The molecule has 0 bridgehead atoms. The van der Waals surface area contributed by atoms with E-state index in [1.807, 2.05) is 0 Å². The lowest BCUT2D eigenvalue weighted by Crippen LogP contribution is -2.07. The summed E-state index contributed by atoms with van der Waals surface area (Å²) < 4.78 is 25.4. The second kappa shape index (κ2) is 3.80. The van der Waals surface area contributed by atoms with Gasteiger partial charge in [-0.1, -0.05) is 0 Å². The van der Waals surface area contributed by atoms with Gasteiger partial charge in [-0.05, 0) is 12.1 Å². The van der Waals surface area contributed by atoms with Gasteiger partial charge in [0.2, 0.25) is 5.91 Å². The normalized spacial score (nSPS) is 13.8. The van der Waals surface area contributed by atoms with E-state index >= 15 is 0 Å². The Balaban J connectivity index is 2.87. The van der Waals surface area contributed by atoms with Crippen LogP contribution in [-0.2, 0) is 4.79 Å². The number of ether oxygens (including phenoxy) is 1. The molecule has 0 aliphatic carbocycles. The second-order valence-electron chi connectivity index (χ2n) is 2.53. The third-order valence-electron chi connectivity index (χ3n) is 1.45. The Morgan fingerprint density at radius 2 is 2.46 bits per heavy atom. The molecule has 13 heavy (non-hydrogen) atoms. The maximum atomic E-state index is 10.8. The topological polar surface area (TPSA) is 64.3 Å². The molecule has 0 spiro atoms. The van der Waals surface area contributed by atoms with Crippen LogP contribution in [0.3, 0.4) is 0 Å². The van der Waals surface area contributed by atoms with Crippen molar-refractivity contribution in [2.45, 2.75) is 6.92 Å². The number of nitrogens with two attached hydrogens (primary N) is 1. The van der Waals surface area contributed by atoms with Crippen LogP contribution in [0, 0.1) is 0 Å². The van der Waals surface area contributed by atoms with Crippen molar-refractivity contribution in [2.24, 2.45) is 0 Å². The average molecular weight is 183 g/mol. The van der Waals surface area contributed by atoms with Gasteiger partial charge in [0, 0.05) is 13.0 Å². The van der Waals surface area contributed by atoms with Crippen molar-refractivity contribution in [2.75, 3.05) is 18.1 Å². The highest BCUT2D eigenvalue weighted by Gasteiger charge is 2.01. The van der Waals surface area contributed by atoms with Crippen LogP contribution in [0.1, 0.15) is 11.0 Å². The van der Waals surface area contributed by atoms with E-state index in [1.165, 1.54) is 25.1 Å². The molecule has 0 heterocycles. The molecular weight excluding hydrogens is 168 g/mol. The molecule has 1 rings (SSSR count). The lowest BCUT2D eigenvalue weighted by Gasteiger charge is -2.07. The van der Waals surface area contributed by atoms with Crippen LogP contribution in [0.25, 0.3) is 0 Å². The molecule has 4 heteroatoms. The number of hydrogen-bond acceptors (Lipinski definition) is 3. The van der Waals surface area contributed by atoms with Crippen molar-refractivity contribution in [3.63, 3.8) is 0 Å². The number of benzene rings is 1. The van der Waals surface area contributed by atoms with Crippen LogP contribution >= 0.6 is 0 Å². The second-order valence-corrected chi connectivity index (χ2v) is 2.53. The van der Waals surface area contributed by atoms with Crippen molar-refractivity contribution in [3.05, 3.63) is 18.2 Å². The summed E-state index contributed by atoms with van der Waals surface area (Å²) >= 11 is 0. The molecule has 4 nitrogen and oxygen atoms in total. The molecule has 0 saturated heterocycles. The maximum absolute atomic E-state index is 10.8. The highest BCUT2D eigenvalue weighted by molar-refractivity contribution is 5.92. The standard InChI is InChI=1S/C9H12N2O2/c1-6(12)11-9-4-3-7(13-2)5-8(9)10/h3-5H,10H2,1-2H3,(H,11,12)/i2D3. The first kappa shape index (κ1) is 5.85. The molecule has 0 fully saturated rings. The molecule has 1 aromatic rings. The van der Waals surface area contributed by atoms with E-state index in [1.54, 1.807) is 0 Å². The van der Waals surface area contributed by atoms with Crippen molar-refractivity contribution in [1.29, 1.82) is 0 Å². The number of carbonyl (C=O) groups is 1. The zero-order chi connectivity index (χ0) is 12.3. The number of rotatable bonds is 2. The first-order valence-electron chi connectivity index (χ1n) is 5.14. The monoisotopic (exact) mass is 183 g/mol. The number of nitrogens with one attached hydrogen (secondary N) is 1. The predicted octanol–water partition coefficient (Wildman–Crippen LogP) is 1.24. The van der Waals surface area contributed by atoms with E-state index in [-0.39, 0.29) is 17.3 Å². The third-order valence-corrected chi connectivity index (χ3v) is 1.45. The number of nitrogen functional groups attached to an aromatic ring is 1. The summed E-state index contributed by atoms with van der Waals surface area (Å²) in [5.41, 5.74) is 6.28. The van der Waals surface area contributed by atoms with E-state index in [4.69, 9.17) is 9.85 Å². The summed E-state index contributed by atoms with van der Waals surface area (Å²) in [4.78, 5) is 10.8. The largest absolute Gasteiger partial charge is 0.497 e. The summed E-state index contributed by atoms with van der Waals surface area (Å²) in [7, 11) is -2.51. The van der Waals surface area contributed by atoms with Crippen molar-refractivity contribution >= 4 is 17.3 Å². The van der Waals surface area contributed by atoms with E-state index in [0.717, 1.165) is 0 Å². The Morgan fingerprint density at radius 1 is 1.69 bits per heavy atom. The van der Waals surface area contributed by atoms with Crippen molar-refractivity contribution in [3.8, 4) is 5.75 Å². The third kappa shape index (κ3) is 2.37. The van der Waals surface area contributed by atoms with Gasteiger partial charge in [0.15, 0.2) is 0 Å². The minimum absolute atomic E-state index is 0.131. The minimum atomic E-state index is -2.51. The number of anilines is 2. The van der Waals surface area contributed by atoms with Crippen LogP contribution in [0.15, 0.2) is 18.2 Å². The van der Waals surface area contributed by atoms with Gasteiger partial charge in [-0.2, -0.15) is 0 Å². The molecule has 70 valence electrons. The Kier molecular flexibility index (Phi) is 1.71. The summed E-state index contributed by atoms with van der Waals surface area (Å²) in [6, 6.07) is 4.25. The Labute approximate surface area is 80.9 Å². The molecule has 1 aromatic carbocycles. The lowest BCUT2D eigenvalue weighted by atomic mass is 10.2. The van der Waals surface area contributed by atoms with Crippen LogP contribution in [0.4, 0.5) is 11.4 Å². The number of carbonyl (C=O) groups excluding carboxylic acids is 1. The summed E-state index contributed by atoms with van der Waals surface area (Å²) in [5, 5.41) is 2.50.